The first-order valence-corrected chi connectivity index (χ1v) is 10.9. The van der Waals surface area contributed by atoms with Crippen LogP contribution in [0.25, 0.3) is 49.7 Å². The van der Waals surface area contributed by atoms with Crippen LogP contribution in [-0.4, -0.2) is 19.5 Å². The minimum absolute atomic E-state index is 0.0702. The van der Waals surface area contributed by atoms with E-state index in [0.29, 0.717) is 5.95 Å². The molecule has 2 aromatic heterocycles. The lowest BCUT2D eigenvalue weighted by Crippen LogP contribution is -2.14. The maximum Gasteiger partial charge on any atom is 0.237 e. The average molecular weight is 412 g/mol. The molecule has 0 atom stereocenters. The molecule has 0 radical (unpaired) electrons. The van der Waals surface area contributed by atoms with Crippen LogP contribution in [0.3, 0.4) is 0 Å². The molecular formula is C28H20N4. The van der Waals surface area contributed by atoms with E-state index in [1.165, 1.54) is 43.8 Å². The largest absolute Gasteiger partial charge is 0.278 e. The number of rotatable bonds is 1. The first kappa shape index (κ1) is 17.6. The van der Waals surface area contributed by atoms with Crippen molar-refractivity contribution >= 4 is 32.6 Å². The number of nitrogens with zero attached hydrogens (tertiary/aromatic N) is 4. The Balaban J connectivity index is 1.69. The molecule has 4 aromatic carbocycles. The highest BCUT2D eigenvalue weighted by molar-refractivity contribution is 6.18. The summed E-state index contributed by atoms with van der Waals surface area (Å²) in [5.41, 5.74) is 7.57. The van der Waals surface area contributed by atoms with Crippen molar-refractivity contribution in [2.75, 3.05) is 0 Å². The molecule has 0 N–H and O–H groups in total. The van der Waals surface area contributed by atoms with Gasteiger partial charge in [0.05, 0.1) is 11.0 Å². The molecule has 32 heavy (non-hydrogen) atoms. The Labute approximate surface area is 185 Å². The molecule has 0 unspecified atom stereocenters. The van der Waals surface area contributed by atoms with Crippen LogP contribution in [0, 0.1) is 0 Å². The molecule has 152 valence electrons. The van der Waals surface area contributed by atoms with Crippen LogP contribution in [0.2, 0.25) is 0 Å². The molecule has 0 amide bonds. The van der Waals surface area contributed by atoms with Crippen LogP contribution in [0.4, 0.5) is 0 Å². The Morgan fingerprint density at radius 3 is 2.25 bits per heavy atom. The summed E-state index contributed by atoms with van der Waals surface area (Å²) in [6, 6.07) is 26.4. The normalized spacial score (nSPS) is 14.2. The Hall–Kier alpha value is -4.05. The van der Waals surface area contributed by atoms with Gasteiger partial charge in [-0.3, -0.25) is 4.57 Å². The van der Waals surface area contributed by atoms with Gasteiger partial charge in [-0.2, -0.15) is 0 Å². The van der Waals surface area contributed by atoms with E-state index in [1.807, 2.05) is 0 Å². The average Bonchev–Trinajstić information content (AvgIpc) is 3.28. The van der Waals surface area contributed by atoms with Crippen LogP contribution < -0.4 is 0 Å². The zero-order chi connectivity index (χ0) is 21.4. The lowest BCUT2D eigenvalue weighted by Gasteiger charge is -2.21. The first-order chi connectivity index (χ1) is 15.6. The highest BCUT2D eigenvalue weighted by atomic mass is 15.2. The molecule has 4 nitrogen and oxygen atoms in total. The third-order valence-electron chi connectivity index (χ3n) is 7.02. The van der Waals surface area contributed by atoms with Gasteiger partial charge in [0.1, 0.15) is 12.7 Å². The van der Waals surface area contributed by atoms with Crippen LogP contribution in [-0.2, 0) is 5.41 Å². The van der Waals surface area contributed by atoms with Crippen molar-refractivity contribution in [1.82, 2.24) is 19.5 Å². The first-order valence-electron chi connectivity index (χ1n) is 10.9. The van der Waals surface area contributed by atoms with Crippen molar-refractivity contribution in [1.29, 1.82) is 0 Å². The molecule has 1 aliphatic rings. The topological polar surface area (TPSA) is 43.6 Å². The van der Waals surface area contributed by atoms with Gasteiger partial charge in [-0.15, -0.1) is 0 Å². The summed E-state index contributed by atoms with van der Waals surface area (Å²) >= 11 is 0. The van der Waals surface area contributed by atoms with Gasteiger partial charge in [-0.1, -0.05) is 62.4 Å². The quantitative estimate of drug-likeness (QED) is 0.313. The SMILES string of the molecule is CC1(C)c2cc3ccccc3cc2-c2c1ccc1c2c2ccccc2n1-c1ncncn1. The van der Waals surface area contributed by atoms with E-state index in [2.05, 4.69) is 106 Å². The molecule has 4 heteroatoms. The molecule has 0 aliphatic heterocycles. The zero-order valence-electron chi connectivity index (χ0n) is 17.9. The smallest absolute Gasteiger partial charge is 0.237 e. The third-order valence-corrected chi connectivity index (χ3v) is 7.02. The Kier molecular flexibility index (Phi) is 3.31. The van der Waals surface area contributed by atoms with Gasteiger partial charge >= 0.3 is 0 Å². The van der Waals surface area contributed by atoms with Gasteiger partial charge in [0, 0.05) is 16.2 Å². The minimum Gasteiger partial charge on any atom is -0.278 e. The standard InChI is InChI=1S/C28H20N4/c1-28(2)21-11-12-24-26(25(21)20-13-17-7-3-4-8-18(17)14-22(20)28)19-9-5-6-10-23(19)32(24)27-30-15-29-16-31-27/h3-16H,1-2H3. The summed E-state index contributed by atoms with van der Waals surface area (Å²) < 4.78 is 2.15. The Morgan fingerprint density at radius 2 is 1.44 bits per heavy atom. The number of hydrogen-bond acceptors (Lipinski definition) is 3. The molecule has 0 saturated carbocycles. The van der Waals surface area contributed by atoms with E-state index in [0.717, 1.165) is 11.0 Å². The van der Waals surface area contributed by atoms with Crippen LogP contribution in [0.1, 0.15) is 25.0 Å². The molecule has 7 rings (SSSR count). The van der Waals surface area contributed by atoms with Gasteiger partial charge < -0.3 is 0 Å². The highest BCUT2D eigenvalue weighted by Gasteiger charge is 2.37. The fourth-order valence-electron chi connectivity index (χ4n) is 5.53. The predicted octanol–water partition coefficient (Wildman–Crippen LogP) is 6.43. The summed E-state index contributed by atoms with van der Waals surface area (Å²) in [5.74, 6) is 0.641. The van der Waals surface area contributed by atoms with E-state index in [-0.39, 0.29) is 5.41 Å². The van der Waals surface area contributed by atoms with Gasteiger partial charge in [-0.05, 0) is 57.3 Å². The van der Waals surface area contributed by atoms with Crippen molar-refractivity contribution in [2.24, 2.45) is 0 Å². The molecule has 6 aromatic rings. The Morgan fingerprint density at radius 1 is 0.719 bits per heavy atom. The molecule has 2 heterocycles. The van der Waals surface area contributed by atoms with Crippen LogP contribution >= 0.6 is 0 Å². The molecular weight excluding hydrogens is 392 g/mol. The second kappa shape index (κ2) is 6.01. The maximum absolute atomic E-state index is 4.47. The van der Waals surface area contributed by atoms with E-state index >= 15 is 0 Å². The fourth-order valence-corrected chi connectivity index (χ4v) is 5.53. The minimum atomic E-state index is -0.0702. The monoisotopic (exact) mass is 412 g/mol. The van der Waals surface area contributed by atoms with Gasteiger partial charge in [0.2, 0.25) is 5.95 Å². The molecule has 0 spiro atoms. The molecule has 1 aliphatic carbocycles. The lowest BCUT2D eigenvalue weighted by molar-refractivity contribution is 0.661. The van der Waals surface area contributed by atoms with Crippen molar-refractivity contribution in [3.05, 3.63) is 96.6 Å². The molecule has 0 saturated heterocycles. The summed E-state index contributed by atoms with van der Waals surface area (Å²) in [6.07, 6.45) is 3.11. The number of para-hydroxylation sites is 1. The zero-order valence-corrected chi connectivity index (χ0v) is 17.9. The summed E-state index contributed by atoms with van der Waals surface area (Å²) in [5, 5.41) is 5.04. The van der Waals surface area contributed by atoms with Crippen molar-refractivity contribution in [2.45, 2.75) is 19.3 Å². The van der Waals surface area contributed by atoms with Gasteiger partial charge in [0.25, 0.3) is 0 Å². The lowest BCUT2D eigenvalue weighted by atomic mass is 9.81. The van der Waals surface area contributed by atoms with E-state index in [1.54, 1.807) is 12.7 Å². The second-order valence-electron chi connectivity index (χ2n) is 9.04. The third kappa shape index (κ3) is 2.14. The van der Waals surface area contributed by atoms with Crippen LogP contribution in [0.5, 0.6) is 0 Å². The molecule has 0 fully saturated rings. The van der Waals surface area contributed by atoms with Crippen molar-refractivity contribution < 1.29 is 0 Å². The second-order valence-corrected chi connectivity index (χ2v) is 9.04. The summed E-state index contributed by atoms with van der Waals surface area (Å²) in [4.78, 5) is 13.0. The maximum atomic E-state index is 4.47. The number of hydrogen-bond donors (Lipinski definition) is 0. The van der Waals surface area contributed by atoms with Crippen molar-refractivity contribution in [3.63, 3.8) is 0 Å². The predicted molar refractivity (Wildman–Crippen MR) is 129 cm³/mol. The number of benzene rings is 4. The van der Waals surface area contributed by atoms with Gasteiger partial charge in [0.15, 0.2) is 0 Å². The van der Waals surface area contributed by atoms with E-state index < -0.39 is 0 Å². The fraction of sp³-hybridized carbons (Fsp3) is 0.107. The van der Waals surface area contributed by atoms with Crippen molar-refractivity contribution in [3.8, 4) is 17.1 Å². The van der Waals surface area contributed by atoms with Gasteiger partial charge in [-0.25, -0.2) is 15.0 Å². The highest BCUT2D eigenvalue weighted by Crippen LogP contribution is 2.53. The Bertz CT molecular complexity index is 1690. The summed E-state index contributed by atoms with van der Waals surface area (Å²) in [6.45, 7) is 4.67. The van der Waals surface area contributed by atoms with Crippen LogP contribution in [0.15, 0.2) is 85.5 Å². The van der Waals surface area contributed by atoms with E-state index in [4.69, 9.17) is 0 Å². The number of fused-ring (bicyclic) bond motifs is 8. The molecule has 0 bridgehead atoms. The number of aromatic nitrogens is 4. The summed E-state index contributed by atoms with van der Waals surface area (Å²) in [7, 11) is 0. The van der Waals surface area contributed by atoms with E-state index in [9.17, 15) is 0 Å².